The van der Waals surface area contributed by atoms with Gasteiger partial charge in [0.15, 0.2) is 0 Å². The molecule has 1 saturated carbocycles. The van der Waals surface area contributed by atoms with Crippen molar-refractivity contribution >= 4 is 0 Å². The molecule has 0 bridgehead atoms. The molecule has 2 nitrogen and oxygen atoms in total. The first kappa shape index (κ1) is 9.75. The Hall–Kier alpha value is -0.340. The van der Waals surface area contributed by atoms with Crippen molar-refractivity contribution in [3.63, 3.8) is 0 Å². The van der Waals surface area contributed by atoms with Crippen LogP contribution < -0.4 is 11.3 Å². The maximum atomic E-state index is 5.45. The first-order valence-corrected chi connectivity index (χ1v) is 4.83. The molecule has 1 aliphatic rings. The molecule has 0 heterocycles. The van der Waals surface area contributed by atoms with Gasteiger partial charge < -0.3 is 0 Å². The van der Waals surface area contributed by atoms with Crippen LogP contribution in [0.25, 0.3) is 0 Å². The molecule has 2 heteroatoms. The van der Waals surface area contributed by atoms with E-state index in [9.17, 15) is 0 Å². The van der Waals surface area contributed by atoms with Crippen LogP contribution in [-0.4, -0.2) is 6.04 Å². The van der Waals surface area contributed by atoms with E-state index < -0.39 is 0 Å². The Balaban J connectivity index is 2.29. The quantitative estimate of drug-likeness (QED) is 0.382. The fraction of sp³-hybridized carbons (Fsp3) is 0.800. The average Bonchev–Trinajstić information content (AvgIpc) is 1.93. The van der Waals surface area contributed by atoms with Gasteiger partial charge >= 0.3 is 0 Å². The van der Waals surface area contributed by atoms with Crippen LogP contribution in [0.4, 0.5) is 0 Å². The first-order chi connectivity index (χ1) is 5.72. The lowest BCUT2D eigenvalue weighted by molar-refractivity contribution is 0.275. The SMILES string of the molecule is CC(C)=CC(CC1CCC1)NN. The second-order valence-corrected chi connectivity index (χ2v) is 4.05. The van der Waals surface area contributed by atoms with E-state index in [2.05, 4.69) is 25.3 Å². The summed E-state index contributed by atoms with van der Waals surface area (Å²) >= 11 is 0. The minimum atomic E-state index is 0.389. The predicted molar refractivity (Wildman–Crippen MR) is 52.5 cm³/mol. The Kier molecular flexibility index (Phi) is 3.76. The van der Waals surface area contributed by atoms with Crippen molar-refractivity contribution in [2.75, 3.05) is 0 Å². The highest BCUT2D eigenvalue weighted by molar-refractivity contribution is 5.01. The van der Waals surface area contributed by atoms with Crippen LogP contribution >= 0.6 is 0 Å². The monoisotopic (exact) mass is 168 g/mol. The van der Waals surface area contributed by atoms with E-state index in [1.165, 1.54) is 31.3 Å². The molecule has 0 aromatic heterocycles. The maximum absolute atomic E-state index is 5.45. The van der Waals surface area contributed by atoms with Crippen molar-refractivity contribution in [2.24, 2.45) is 11.8 Å². The molecule has 0 aliphatic heterocycles. The average molecular weight is 168 g/mol. The van der Waals surface area contributed by atoms with E-state index in [1.54, 1.807) is 0 Å². The van der Waals surface area contributed by atoms with E-state index >= 15 is 0 Å². The minimum Gasteiger partial charge on any atom is -0.271 e. The second-order valence-electron chi connectivity index (χ2n) is 4.05. The van der Waals surface area contributed by atoms with Crippen LogP contribution in [0, 0.1) is 5.92 Å². The molecule has 1 atom stereocenters. The van der Waals surface area contributed by atoms with Gasteiger partial charge in [-0.3, -0.25) is 11.3 Å². The Morgan fingerprint density at radius 3 is 2.58 bits per heavy atom. The highest BCUT2D eigenvalue weighted by atomic mass is 15.2. The third-order valence-electron chi connectivity index (χ3n) is 2.56. The second kappa shape index (κ2) is 4.63. The summed E-state index contributed by atoms with van der Waals surface area (Å²) in [4.78, 5) is 0. The molecule has 1 fully saturated rings. The van der Waals surface area contributed by atoms with E-state index in [-0.39, 0.29) is 0 Å². The van der Waals surface area contributed by atoms with Crippen molar-refractivity contribution < 1.29 is 0 Å². The number of hydrogen-bond donors (Lipinski definition) is 2. The normalized spacial score (nSPS) is 19.9. The summed E-state index contributed by atoms with van der Waals surface area (Å²) in [5.41, 5.74) is 4.20. The summed E-state index contributed by atoms with van der Waals surface area (Å²) in [6.45, 7) is 4.23. The van der Waals surface area contributed by atoms with Crippen LogP contribution in [-0.2, 0) is 0 Å². The molecule has 0 amide bonds. The van der Waals surface area contributed by atoms with Crippen molar-refractivity contribution in [3.8, 4) is 0 Å². The number of allylic oxidation sites excluding steroid dienone is 1. The molecular weight excluding hydrogens is 148 g/mol. The summed E-state index contributed by atoms with van der Waals surface area (Å²) < 4.78 is 0. The fourth-order valence-electron chi connectivity index (χ4n) is 1.67. The minimum absolute atomic E-state index is 0.389. The lowest BCUT2D eigenvalue weighted by Crippen LogP contribution is -2.36. The molecular formula is C10H20N2. The molecule has 0 saturated heterocycles. The zero-order chi connectivity index (χ0) is 8.97. The lowest BCUT2D eigenvalue weighted by atomic mass is 9.81. The Morgan fingerprint density at radius 2 is 2.25 bits per heavy atom. The van der Waals surface area contributed by atoms with Gasteiger partial charge in [-0.25, -0.2) is 0 Å². The molecule has 1 rings (SSSR count). The highest BCUT2D eigenvalue weighted by Crippen LogP contribution is 2.30. The highest BCUT2D eigenvalue weighted by Gasteiger charge is 2.20. The van der Waals surface area contributed by atoms with Gasteiger partial charge in [0.2, 0.25) is 0 Å². The van der Waals surface area contributed by atoms with Gasteiger partial charge in [0.25, 0.3) is 0 Å². The molecule has 1 unspecified atom stereocenters. The lowest BCUT2D eigenvalue weighted by Gasteiger charge is -2.28. The largest absolute Gasteiger partial charge is 0.271 e. The topological polar surface area (TPSA) is 38.0 Å². The molecule has 0 aromatic rings. The third-order valence-corrected chi connectivity index (χ3v) is 2.56. The van der Waals surface area contributed by atoms with Crippen molar-refractivity contribution in [1.29, 1.82) is 0 Å². The first-order valence-electron chi connectivity index (χ1n) is 4.83. The Morgan fingerprint density at radius 1 is 1.58 bits per heavy atom. The van der Waals surface area contributed by atoms with Crippen molar-refractivity contribution in [3.05, 3.63) is 11.6 Å². The molecule has 70 valence electrons. The van der Waals surface area contributed by atoms with Crippen LogP contribution in [0.1, 0.15) is 39.5 Å². The third kappa shape index (κ3) is 2.95. The van der Waals surface area contributed by atoms with Gasteiger partial charge in [0.05, 0.1) is 0 Å². The van der Waals surface area contributed by atoms with Crippen molar-refractivity contribution in [2.45, 2.75) is 45.6 Å². The van der Waals surface area contributed by atoms with Gasteiger partial charge in [-0.15, -0.1) is 0 Å². The summed E-state index contributed by atoms with van der Waals surface area (Å²) in [5, 5.41) is 0. The zero-order valence-corrected chi connectivity index (χ0v) is 8.14. The number of nitrogens with two attached hydrogens (primary N) is 1. The molecule has 0 spiro atoms. The van der Waals surface area contributed by atoms with E-state index in [0.717, 1.165) is 5.92 Å². The van der Waals surface area contributed by atoms with E-state index in [1.807, 2.05) is 0 Å². The maximum Gasteiger partial charge on any atom is 0.0395 e. The smallest absolute Gasteiger partial charge is 0.0395 e. The number of rotatable bonds is 4. The summed E-state index contributed by atoms with van der Waals surface area (Å²) in [7, 11) is 0. The van der Waals surface area contributed by atoms with Crippen LogP contribution in [0.15, 0.2) is 11.6 Å². The van der Waals surface area contributed by atoms with Crippen molar-refractivity contribution in [1.82, 2.24) is 5.43 Å². The van der Waals surface area contributed by atoms with Gasteiger partial charge in [-0.05, 0) is 26.2 Å². The van der Waals surface area contributed by atoms with Gasteiger partial charge in [-0.1, -0.05) is 30.9 Å². The summed E-state index contributed by atoms with van der Waals surface area (Å²) in [5.74, 6) is 6.37. The predicted octanol–water partition coefficient (Wildman–Crippen LogP) is 1.97. The fourth-order valence-corrected chi connectivity index (χ4v) is 1.67. The van der Waals surface area contributed by atoms with Crippen LogP contribution in [0.3, 0.4) is 0 Å². The van der Waals surface area contributed by atoms with Gasteiger partial charge in [-0.2, -0.15) is 0 Å². The molecule has 12 heavy (non-hydrogen) atoms. The Bertz CT molecular complexity index is 155. The zero-order valence-electron chi connectivity index (χ0n) is 8.14. The molecule has 0 aromatic carbocycles. The van der Waals surface area contributed by atoms with Crippen LogP contribution in [0.5, 0.6) is 0 Å². The molecule has 3 N–H and O–H groups in total. The van der Waals surface area contributed by atoms with E-state index in [0.29, 0.717) is 6.04 Å². The summed E-state index contributed by atoms with van der Waals surface area (Å²) in [6.07, 6.45) is 7.64. The van der Waals surface area contributed by atoms with Gasteiger partial charge in [0, 0.05) is 6.04 Å². The number of hydrogen-bond acceptors (Lipinski definition) is 2. The molecule has 0 radical (unpaired) electrons. The van der Waals surface area contributed by atoms with Gasteiger partial charge in [0.1, 0.15) is 0 Å². The number of hydrazine groups is 1. The van der Waals surface area contributed by atoms with E-state index in [4.69, 9.17) is 5.84 Å². The van der Waals surface area contributed by atoms with Crippen LogP contribution in [0.2, 0.25) is 0 Å². The standard InChI is InChI=1S/C10H20N2/c1-8(2)6-10(12-11)7-9-4-3-5-9/h6,9-10,12H,3-5,7,11H2,1-2H3. The summed E-state index contributed by atoms with van der Waals surface area (Å²) in [6, 6.07) is 0.389. The molecule has 1 aliphatic carbocycles. The Labute approximate surface area is 75.2 Å². The number of nitrogens with one attached hydrogen (secondary N) is 1.